The van der Waals surface area contributed by atoms with Gasteiger partial charge in [-0.25, -0.2) is 4.39 Å². The Balaban J connectivity index is 3.03. The fraction of sp³-hybridized carbons (Fsp3) is 0.500. The molecule has 78 valence electrons. The molecule has 0 amide bonds. The fourth-order valence-electron chi connectivity index (χ4n) is 1.45. The quantitative estimate of drug-likeness (QED) is 0.788. The minimum atomic E-state index is -1.33. The molecule has 0 heterocycles. The van der Waals surface area contributed by atoms with Gasteiger partial charge in [0.25, 0.3) is 0 Å². The van der Waals surface area contributed by atoms with Crippen LogP contribution in [0.1, 0.15) is 25.0 Å². The molecule has 1 aromatic rings. The van der Waals surface area contributed by atoms with Gasteiger partial charge in [0.15, 0.2) is 0 Å². The lowest BCUT2D eigenvalue weighted by Gasteiger charge is -2.27. The molecule has 14 heavy (non-hydrogen) atoms. The average Bonchev–Trinajstić information content (AvgIpc) is 2.16. The van der Waals surface area contributed by atoms with E-state index in [0.29, 0.717) is 6.54 Å². The van der Waals surface area contributed by atoms with Crippen LogP contribution in [0.4, 0.5) is 4.39 Å². The Morgan fingerprint density at radius 1 is 1.50 bits per heavy atom. The molecule has 2 heteroatoms. The third-order valence-electron chi connectivity index (χ3n) is 2.86. The van der Waals surface area contributed by atoms with E-state index in [1.165, 1.54) is 0 Å². The van der Waals surface area contributed by atoms with Crippen molar-refractivity contribution in [2.75, 3.05) is 6.54 Å². The van der Waals surface area contributed by atoms with Crippen molar-refractivity contribution in [1.29, 1.82) is 0 Å². The zero-order valence-electron chi connectivity index (χ0n) is 9.05. The van der Waals surface area contributed by atoms with E-state index in [2.05, 4.69) is 0 Å². The van der Waals surface area contributed by atoms with Crippen LogP contribution in [0.3, 0.4) is 0 Å². The van der Waals surface area contributed by atoms with Crippen molar-refractivity contribution in [3.63, 3.8) is 0 Å². The van der Waals surface area contributed by atoms with Crippen molar-refractivity contribution >= 4 is 0 Å². The highest BCUT2D eigenvalue weighted by Crippen LogP contribution is 2.33. The van der Waals surface area contributed by atoms with Crippen LogP contribution in [0.5, 0.6) is 0 Å². The van der Waals surface area contributed by atoms with Gasteiger partial charge in [0.2, 0.25) is 0 Å². The van der Waals surface area contributed by atoms with Gasteiger partial charge in [-0.05, 0) is 26.0 Å². The number of hydrogen-bond donors (Lipinski definition) is 1. The molecule has 0 spiro atoms. The third-order valence-corrected chi connectivity index (χ3v) is 2.86. The van der Waals surface area contributed by atoms with E-state index in [4.69, 9.17) is 5.73 Å². The number of nitrogens with two attached hydrogens (primary N) is 1. The van der Waals surface area contributed by atoms with Gasteiger partial charge in [0.1, 0.15) is 5.67 Å². The molecule has 0 fully saturated rings. The summed E-state index contributed by atoms with van der Waals surface area (Å²) >= 11 is 0. The number of hydrogen-bond acceptors (Lipinski definition) is 1. The normalized spacial score (nSPS) is 17.5. The summed E-state index contributed by atoms with van der Waals surface area (Å²) < 4.78 is 14.3. The summed E-state index contributed by atoms with van der Waals surface area (Å²) in [6.45, 7) is 5.76. The molecule has 1 nitrogen and oxygen atoms in total. The molecule has 0 radical (unpaired) electrons. The molecule has 2 unspecified atom stereocenters. The highest BCUT2D eigenvalue weighted by Gasteiger charge is 2.31. The average molecular weight is 195 g/mol. The molecule has 0 aliphatic rings. The van der Waals surface area contributed by atoms with E-state index < -0.39 is 5.67 Å². The van der Waals surface area contributed by atoms with Gasteiger partial charge in [0.05, 0.1) is 0 Å². The molecule has 0 aromatic heterocycles. The smallest absolute Gasteiger partial charge is 0.137 e. The molecule has 2 atom stereocenters. The lowest BCUT2D eigenvalue weighted by atomic mass is 9.85. The van der Waals surface area contributed by atoms with Crippen molar-refractivity contribution in [2.24, 2.45) is 11.7 Å². The van der Waals surface area contributed by atoms with Gasteiger partial charge < -0.3 is 5.73 Å². The van der Waals surface area contributed by atoms with Gasteiger partial charge in [-0.15, -0.1) is 0 Å². The Bertz CT molecular complexity index is 307. The Morgan fingerprint density at radius 3 is 2.64 bits per heavy atom. The van der Waals surface area contributed by atoms with Crippen molar-refractivity contribution in [3.05, 3.63) is 35.4 Å². The SMILES string of the molecule is Cc1cccc(C(C)(F)C(C)CN)c1. The zero-order chi connectivity index (χ0) is 10.8. The highest BCUT2D eigenvalue weighted by atomic mass is 19.1. The van der Waals surface area contributed by atoms with Gasteiger partial charge in [0, 0.05) is 5.92 Å². The predicted octanol–water partition coefficient (Wildman–Crippen LogP) is 2.77. The van der Waals surface area contributed by atoms with Gasteiger partial charge in [-0.2, -0.15) is 0 Å². The first-order valence-electron chi connectivity index (χ1n) is 4.94. The molecular formula is C12H18FN. The topological polar surface area (TPSA) is 26.0 Å². The van der Waals surface area contributed by atoms with Crippen LogP contribution in [0.15, 0.2) is 24.3 Å². The van der Waals surface area contributed by atoms with Crippen LogP contribution >= 0.6 is 0 Å². The summed E-state index contributed by atoms with van der Waals surface area (Å²) in [4.78, 5) is 0. The minimum Gasteiger partial charge on any atom is -0.330 e. The lowest BCUT2D eigenvalue weighted by Crippen LogP contribution is -2.30. The van der Waals surface area contributed by atoms with Gasteiger partial charge >= 0.3 is 0 Å². The third kappa shape index (κ3) is 2.13. The number of aryl methyl sites for hydroxylation is 1. The first-order chi connectivity index (χ1) is 6.48. The molecule has 1 rings (SSSR count). The van der Waals surface area contributed by atoms with E-state index in [-0.39, 0.29) is 5.92 Å². The Labute approximate surface area is 85.1 Å². The van der Waals surface area contributed by atoms with Crippen LogP contribution in [-0.2, 0) is 5.67 Å². The highest BCUT2D eigenvalue weighted by molar-refractivity contribution is 5.27. The van der Waals surface area contributed by atoms with E-state index in [1.807, 2.05) is 38.1 Å². The number of alkyl halides is 1. The lowest BCUT2D eigenvalue weighted by molar-refractivity contribution is 0.117. The molecule has 2 N–H and O–H groups in total. The van der Waals surface area contributed by atoms with E-state index in [9.17, 15) is 4.39 Å². The largest absolute Gasteiger partial charge is 0.330 e. The van der Waals surface area contributed by atoms with E-state index in [0.717, 1.165) is 11.1 Å². The molecule has 0 bridgehead atoms. The summed E-state index contributed by atoms with van der Waals surface area (Å²) in [5, 5.41) is 0. The molecule has 0 saturated carbocycles. The first kappa shape index (κ1) is 11.2. The second-order valence-electron chi connectivity index (χ2n) is 4.08. The van der Waals surface area contributed by atoms with E-state index in [1.54, 1.807) is 6.92 Å². The van der Waals surface area contributed by atoms with Crippen LogP contribution in [-0.4, -0.2) is 6.54 Å². The molecule has 1 aromatic carbocycles. The summed E-state index contributed by atoms with van der Waals surface area (Å²) in [6.07, 6.45) is 0. The number of rotatable bonds is 3. The van der Waals surface area contributed by atoms with E-state index >= 15 is 0 Å². The Hall–Kier alpha value is -0.890. The van der Waals surface area contributed by atoms with Crippen molar-refractivity contribution in [3.8, 4) is 0 Å². The number of benzene rings is 1. The fourth-order valence-corrected chi connectivity index (χ4v) is 1.45. The first-order valence-corrected chi connectivity index (χ1v) is 4.94. The maximum atomic E-state index is 14.3. The molecular weight excluding hydrogens is 177 g/mol. The van der Waals surface area contributed by atoms with Crippen molar-refractivity contribution < 1.29 is 4.39 Å². The Morgan fingerprint density at radius 2 is 2.14 bits per heavy atom. The van der Waals surface area contributed by atoms with Crippen molar-refractivity contribution in [1.82, 2.24) is 0 Å². The standard InChI is InChI=1S/C12H18FN/c1-9-5-4-6-11(7-9)12(3,13)10(2)8-14/h4-7,10H,8,14H2,1-3H3. The summed E-state index contributed by atoms with van der Waals surface area (Å²) in [5.41, 5.74) is 5.96. The zero-order valence-corrected chi connectivity index (χ0v) is 9.05. The maximum absolute atomic E-state index is 14.3. The summed E-state index contributed by atoms with van der Waals surface area (Å²) in [7, 11) is 0. The molecule has 0 saturated heterocycles. The Kier molecular flexibility index (Phi) is 3.27. The molecule has 0 aliphatic heterocycles. The van der Waals surface area contributed by atoms with Crippen LogP contribution in [0.25, 0.3) is 0 Å². The minimum absolute atomic E-state index is 0.163. The van der Waals surface area contributed by atoms with Crippen LogP contribution in [0, 0.1) is 12.8 Å². The summed E-state index contributed by atoms with van der Waals surface area (Å²) in [5.74, 6) is -0.163. The van der Waals surface area contributed by atoms with Crippen molar-refractivity contribution in [2.45, 2.75) is 26.4 Å². The number of halogens is 1. The second-order valence-corrected chi connectivity index (χ2v) is 4.08. The van der Waals surface area contributed by atoms with Gasteiger partial charge in [-0.1, -0.05) is 36.8 Å². The van der Waals surface area contributed by atoms with Crippen LogP contribution in [0.2, 0.25) is 0 Å². The monoisotopic (exact) mass is 195 g/mol. The second kappa shape index (κ2) is 4.09. The van der Waals surface area contributed by atoms with Gasteiger partial charge in [-0.3, -0.25) is 0 Å². The van der Waals surface area contributed by atoms with Crippen LogP contribution < -0.4 is 5.73 Å². The maximum Gasteiger partial charge on any atom is 0.137 e. The summed E-state index contributed by atoms with van der Waals surface area (Å²) in [6, 6.07) is 7.55. The molecule has 0 aliphatic carbocycles. The predicted molar refractivity (Wildman–Crippen MR) is 57.9 cm³/mol.